The SMILES string of the molecule is CC1CCC(NC(=O)[C@@H](NC(=O)c2ccc(C34CC5CC(CC(C5)C3)C4)cc2)C(C)C)CC1. The molecule has 0 heterocycles. The third-order valence-corrected chi connectivity index (χ3v) is 9.40. The van der Waals surface area contributed by atoms with Gasteiger partial charge in [-0.25, -0.2) is 0 Å². The molecule has 5 aliphatic carbocycles. The molecule has 1 aromatic carbocycles. The summed E-state index contributed by atoms with van der Waals surface area (Å²) in [6, 6.07) is 8.12. The van der Waals surface area contributed by atoms with E-state index in [1.54, 1.807) is 0 Å². The minimum absolute atomic E-state index is 0.0388. The molecule has 4 heteroatoms. The van der Waals surface area contributed by atoms with E-state index >= 15 is 0 Å². The highest BCUT2D eigenvalue weighted by Crippen LogP contribution is 2.60. The van der Waals surface area contributed by atoms with Crippen LogP contribution in [0.15, 0.2) is 24.3 Å². The van der Waals surface area contributed by atoms with Crippen molar-refractivity contribution in [3.05, 3.63) is 35.4 Å². The Morgan fingerprint density at radius 1 is 0.879 bits per heavy atom. The number of carbonyl (C=O) groups excluding carboxylic acids is 2. The maximum absolute atomic E-state index is 13.1. The van der Waals surface area contributed by atoms with Crippen molar-refractivity contribution in [1.82, 2.24) is 10.6 Å². The largest absolute Gasteiger partial charge is 0.352 e. The molecule has 0 aromatic heterocycles. The number of hydrogen-bond donors (Lipinski definition) is 2. The number of nitrogens with one attached hydrogen (secondary N) is 2. The summed E-state index contributed by atoms with van der Waals surface area (Å²) in [5, 5.41) is 6.24. The van der Waals surface area contributed by atoms with Gasteiger partial charge >= 0.3 is 0 Å². The maximum atomic E-state index is 13.1. The first kappa shape index (κ1) is 22.9. The minimum atomic E-state index is -0.500. The number of rotatable bonds is 6. The van der Waals surface area contributed by atoms with Gasteiger partial charge in [-0.2, -0.15) is 0 Å². The van der Waals surface area contributed by atoms with Crippen LogP contribution < -0.4 is 10.6 Å². The molecule has 4 nitrogen and oxygen atoms in total. The number of benzene rings is 1. The van der Waals surface area contributed by atoms with Crippen molar-refractivity contribution in [1.29, 1.82) is 0 Å². The molecule has 1 atom stereocenters. The van der Waals surface area contributed by atoms with Crippen LogP contribution in [-0.2, 0) is 10.2 Å². The molecule has 5 aliphatic rings. The molecule has 0 radical (unpaired) electrons. The predicted octanol–water partition coefficient (Wildman–Crippen LogP) is 5.60. The van der Waals surface area contributed by atoms with Gasteiger partial charge in [0.05, 0.1) is 0 Å². The second kappa shape index (κ2) is 9.07. The number of hydrogen-bond acceptors (Lipinski definition) is 2. The first-order valence-corrected chi connectivity index (χ1v) is 13.5. The molecule has 2 amide bonds. The van der Waals surface area contributed by atoms with Crippen LogP contribution in [0.4, 0.5) is 0 Å². The van der Waals surface area contributed by atoms with Crippen molar-refractivity contribution < 1.29 is 9.59 Å². The number of amides is 2. The van der Waals surface area contributed by atoms with Crippen molar-refractivity contribution in [2.24, 2.45) is 29.6 Å². The minimum Gasteiger partial charge on any atom is -0.352 e. The van der Waals surface area contributed by atoms with Gasteiger partial charge < -0.3 is 10.6 Å². The van der Waals surface area contributed by atoms with E-state index in [1.807, 2.05) is 26.0 Å². The molecular weight excluding hydrogens is 408 g/mol. The second-order valence-electron chi connectivity index (χ2n) is 12.4. The Morgan fingerprint density at radius 3 is 1.94 bits per heavy atom. The molecule has 4 bridgehead atoms. The van der Waals surface area contributed by atoms with Crippen LogP contribution >= 0.6 is 0 Å². The van der Waals surface area contributed by atoms with Crippen molar-refractivity contribution in [3.63, 3.8) is 0 Å². The molecule has 0 spiro atoms. The summed E-state index contributed by atoms with van der Waals surface area (Å²) in [6.07, 6.45) is 12.7. The van der Waals surface area contributed by atoms with E-state index in [2.05, 4.69) is 29.7 Å². The van der Waals surface area contributed by atoms with E-state index in [9.17, 15) is 9.59 Å². The average molecular weight is 451 g/mol. The van der Waals surface area contributed by atoms with Gasteiger partial charge in [-0.1, -0.05) is 32.9 Å². The lowest BCUT2D eigenvalue weighted by molar-refractivity contribution is -0.124. The zero-order valence-corrected chi connectivity index (χ0v) is 20.7. The Bertz CT molecular complexity index is 831. The third-order valence-electron chi connectivity index (χ3n) is 9.40. The zero-order valence-electron chi connectivity index (χ0n) is 20.7. The molecule has 33 heavy (non-hydrogen) atoms. The van der Waals surface area contributed by atoms with Crippen LogP contribution in [0.25, 0.3) is 0 Å². The van der Waals surface area contributed by atoms with Crippen LogP contribution in [0.5, 0.6) is 0 Å². The molecule has 2 N–H and O–H groups in total. The van der Waals surface area contributed by atoms with Crippen LogP contribution in [0.3, 0.4) is 0 Å². The predicted molar refractivity (Wildman–Crippen MR) is 132 cm³/mol. The molecule has 180 valence electrons. The van der Waals surface area contributed by atoms with Gasteiger partial charge in [0.1, 0.15) is 6.04 Å². The van der Waals surface area contributed by atoms with Crippen LogP contribution in [-0.4, -0.2) is 23.9 Å². The Balaban J connectivity index is 1.23. The summed E-state index contributed by atoms with van der Waals surface area (Å²) in [7, 11) is 0. The highest BCUT2D eigenvalue weighted by Gasteiger charge is 2.51. The van der Waals surface area contributed by atoms with Gasteiger partial charge in [0.15, 0.2) is 0 Å². The summed E-state index contributed by atoms with van der Waals surface area (Å²) in [5.74, 6) is 3.36. The summed E-state index contributed by atoms with van der Waals surface area (Å²) < 4.78 is 0. The molecule has 6 rings (SSSR count). The normalized spacial score (nSPS) is 35.9. The second-order valence-corrected chi connectivity index (χ2v) is 12.4. The van der Waals surface area contributed by atoms with Crippen molar-refractivity contribution >= 4 is 11.8 Å². The fraction of sp³-hybridized carbons (Fsp3) is 0.724. The van der Waals surface area contributed by atoms with Crippen molar-refractivity contribution in [2.45, 2.75) is 102 Å². The molecular formula is C29H42N2O2. The highest BCUT2D eigenvalue weighted by molar-refractivity contribution is 5.97. The molecule has 1 aromatic rings. The lowest BCUT2D eigenvalue weighted by Crippen LogP contribution is -2.52. The van der Waals surface area contributed by atoms with E-state index in [4.69, 9.17) is 0 Å². The van der Waals surface area contributed by atoms with E-state index < -0.39 is 6.04 Å². The Labute approximate surface area is 199 Å². The quantitative estimate of drug-likeness (QED) is 0.592. The first-order chi connectivity index (χ1) is 15.8. The highest BCUT2D eigenvalue weighted by atomic mass is 16.2. The summed E-state index contributed by atoms with van der Waals surface area (Å²) in [5.41, 5.74) is 2.44. The van der Waals surface area contributed by atoms with Crippen molar-refractivity contribution in [2.75, 3.05) is 0 Å². The zero-order chi connectivity index (χ0) is 23.2. The molecule has 0 aliphatic heterocycles. The Kier molecular flexibility index (Phi) is 6.30. The fourth-order valence-electron chi connectivity index (χ4n) is 7.89. The van der Waals surface area contributed by atoms with Crippen LogP contribution in [0.2, 0.25) is 0 Å². The van der Waals surface area contributed by atoms with Crippen LogP contribution in [0.1, 0.15) is 101 Å². The Morgan fingerprint density at radius 2 is 1.42 bits per heavy atom. The molecule has 5 saturated carbocycles. The smallest absolute Gasteiger partial charge is 0.251 e. The first-order valence-electron chi connectivity index (χ1n) is 13.5. The fourth-order valence-corrected chi connectivity index (χ4v) is 7.89. The van der Waals surface area contributed by atoms with Gasteiger partial charge in [0.25, 0.3) is 5.91 Å². The summed E-state index contributed by atoms with van der Waals surface area (Å²) in [6.45, 7) is 6.29. The number of carbonyl (C=O) groups is 2. The Hall–Kier alpha value is -1.84. The monoisotopic (exact) mass is 450 g/mol. The van der Waals surface area contributed by atoms with Gasteiger partial charge in [-0.05, 0) is 117 Å². The van der Waals surface area contributed by atoms with Gasteiger partial charge in [-0.15, -0.1) is 0 Å². The van der Waals surface area contributed by atoms with Gasteiger partial charge in [-0.3, -0.25) is 9.59 Å². The standard InChI is InChI=1S/C29H42N2O2/c1-18(2)26(28(33)30-25-10-4-19(3)5-11-25)31-27(32)23-6-8-24(9-7-23)29-15-20-12-21(16-29)14-22(13-20)17-29/h6-9,18-22,25-26H,4-5,10-17H2,1-3H3,(H,30,33)(H,31,32)/t19?,20?,21?,22?,25?,26-,29?/m0/s1. The lowest BCUT2D eigenvalue weighted by atomic mass is 9.48. The van der Waals surface area contributed by atoms with Gasteiger partial charge in [0.2, 0.25) is 5.91 Å². The average Bonchev–Trinajstić information content (AvgIpc) is 2.78. The van der Waals surface area contributed by atoms with Gasteiger partial charge in [0, 0.05) is 11.6 Å². The maximum Gasteiger partial charge on any atom is 0.251 e. The molecule has 5 fully saturated rings. The lowest BCUT2D eigenvalue weighted by Gasteiger charge is -2.57. The van der Waals surface area contributed by atoms with E-state index in [0.717, 1.165) is 36.5 Å². The van der Waals surface area contributed by atoms with Crippen molar-refractivity contribution in [3.8, 4) is 0 Å². The summed E-state index contributed by atoms with van der Waals surface area (Å²) >= 11 is 0. The van der Waals surface area contributed by atoms with E-state index in [-0.39, 0.29) is 23.8 Å². The topological polar surface area (TPSA) is 58.2 Å². The third kappa shape index (κ3) is 4.72. The molecule has 0 unspecified atom stereocenters. The van der Waals surface area contributed by atoms with Crippen LogP contribution in [0, 0.1) is 29.6 Å². The van der Waals surface area contributed by atoms with E-state index in [0.29, 0.717) is 11.0 Å². The summed E-state index contributed by atoms with van der Waals surface area (Å²) in [4.78, 5) is 26.1. The van der Waals surface area contributed by atoms with E-state index in [1.165, 1.54) is 56.9 Å². The molecule has 0 saturated heterocycles.